The van der Waals surface area contributed by atoms with Crippen LogP contribution in [0.2, 0.25) is 5.02 Å². The Morgan fingerprint density at radius 1 is 0.875 bits per heavy atom. The third-order valence-electron chi connectivity index (χ3n) is 4.54. The molecule has 1 N–H and O–H groups in total. The number of benzene rings is 2. The summed E-state index contributed by atoms with van der Waals surface area (Å²) in [6.45, 7) is 5.77. The van der Waals surface area contributed by atoms with Gasteiger partial charge < -0.3 is 5.11 Å². The molecule has 0 amide bonds. The van der Waals surface area contributed by atoms with Crippen molar-refractivity contribution in [3.63, 3.8) is 0 Å². The van der Waals surface area contributed by atoms with Crippen molar-refractivity contribution in [3.8, 4) is 0 Å². The lowest BCUT2D eigenvalue weighted by molar-refractivity contribution is 0.0705. The molecule has 128 valence electrons. The van der Waals surface area contributed by atoms with Gasteiger partial charge in [-0.3, -0.25) is 9.80 Å². The maximum absolute atomic E-state index is 10.3. The molecule has 1 aliphatic rings. The summed E-state index contributed by atoms with van der Waals surface area (Å²) >= 11 is 6.05. The second-order valence-electron chi connectivity index (χ2n) is 6.55. The number of rotatable bonds is 6. The number of aliphatic hydroxyl groups excluding tert-OH is 1. The van der Waals surface area contributed by atoms with E-state index in [0.29, 0.717) is 0 Å². The van der Waals surface area contributed by atoms with E-state index in [2.05, 4.69) is 28.0 Å². The predicted molar refractivity (Wildman–Crippen MR) is 99.3 cm³/mol. The van der Waals surface area contributed by atoms with Crippen molar-refractivity contribution in [1.82, 2.24) is 9.80 Å². The molecule has 1 atom stereocenters. The summed E-state index contributed by atoms with van der Waals surface area (Å²) in [5.41, 5.74) is 2.46. The Labute approximate surface area is 149 Å². The van der Waals surface area contributed by atoms with Crippen LogP contribution in [0.25, 0.3) is 0 Å². The fourth-order valence-electron chi connectivity index (χ4n) is 3.27. The minimum absolute atomic E-state index is 0.299. The molecule has 1 aliphatic heterocycles. The molecule has 0 saturated carbocycles. The zero-order valence-corrected chi connectivity index (χ0v) is 14.7. The van der Waals surface area contributed by atoms with Gasteiger partial charge in [0.05, 0.1) is 6.10 Å². The monoisotopic (exact) mass is 344 g/mol. The standard InChI is InChI=1S/C20H25ClN2O/c21-19-8-4-7-18(13-19)15-22-9-11-23(12-10-22)16-20(24)14-17-5-2-1-3-6-17/h1-8,13,20,24H,9-12,14-16H2. The molecule has 0 aromatic heterocycles. The molecule has 1 fully saturated rings. The van der Waals surface area contributed by atoms with Gasteiger partial charge in [-0.1, -0.05) is 54.1 Å². The number of hydrogen-bond acceptors (Lipinski definition) is 3. The van der Waals surface area contributed by atoms with Crippen LogP contribution >= 0.6 is 11.6 Å². The molecule has 1 heterocycles. The first-order valence-electron chi connectivity index (χ1n) is 8.60. The van der Waals surface area contributed by atoms with E-state index in [1.54, 1.807) is 0 Å². The van der Waals surface area contributed by atoms with Crippen LogP contribution in [-0.2, 0) is 13.0 Å². The number of nitrogens with zero attached hydrogens (tertiary/aromatic N) is 2. The molecule has 0 aliphatic carbocycles. The molecule has 0 radical (unpaired) electrons. The first kappa shape index (κ1) is 17.4. The highest BCUT2D eigenvalue weighted by atomic mass is 35.5. The summed E-state index contributed by atoms with van der Waals surface area (Å²) in [4.78, 5) is 4.81. The third-order valence-corrected chi connectivity index (χ3v) is 4.78. The van der Waals surface area contributed by atoms with Crippen LogP contribution in [0.1, 0.15) is 11.1 Å². The lowest BCUT2D eigenvalue weighted by Gasteiger charge is -2.35. The fraction of sp³-hybridized carbons (Fsp3) is 0.400. The Morgan fingerprint density at radius 3 is 2.25 bits per heavy atom. The molecule has 1 unspecified atom stereocenters. The minimum Gasteiger partial charge on any atom is -0.391 e. The summed E-state index contributed by atoms with van der Waals surface area (Å²) in [5, 5.41) is 11.1. The van der Waals surface area contributed by atoms with Gasteiger partial charge in [0.25, 0.3) is 0 Å². The Hall–Kier alpha value is -1.39. The van der Waals surface area contributed by atoms with Gasteiger partial charge in [0.2, 0.25) is 0 Å². The Bertz CT molecular complexity index is 627. The van der Waals surface area contributed by atoms with Crippen molar-refractivity contribution in [2.45, 2.75) is 19.1 Å². The van der Waals surface area contributed by atoms with Crippen LogP contribution < -0.4 is 0 Å². The maximum atomic E-state index is 10.3. The average molecular weight is 345 g/mol. The Morgan fingerprint density at radius 2 is 1.54 bits per heavy atom. The summed E-state index contributed by atoms with van der Waals surface area (Å²) in [7, 11) is 0. The number of hydrogen-bond donors (Lipinski definition) is 1. The molecule has 2 aromatic rings. The normalized spacial score (nSPS) is 17.8. The fourth-order valence-corrected chi connectivity index (χ4v) is 3.49. The zero-order chi connectivity index (χ0) is 16.8. The largest absolute Gasteiger partial charge is 0.391 e. The molecule has 2 aromatic carbocycles. The molecule has 0 spiro atoms. The van der Waals surface area contributed by atoms with Crippen LogP contribution in [0.3, 0.4) is 0 Å². The molecule has 0 bridgehead atoms. The molecule has 4 heteroatoms. The van der Waals surface area contributed by atoms with E-state index in [1.165, 1.54) is 11.1 Å². The van der Waals surface area contributed by atoms with Crippen molar-refractivity contribution in [1.29, 1.82) is 0 Å². The number of piperazine rings is 1. The molecular weight excluding hydrogens is 320 g/mol. The van der Waals surface area contributed by atoms with Crippen molar-refractivity contribution < 1.29 is 5.11 Å². The van der Waals surface area contributed by atoms with Gasteiger partial charge in [0, 0.05) is 44.3 Å². The highest BCUT2D eigenvalue weighted by Gasteiger charge is 2.19. The van der Waals surface area contributed by atoms with Crippen molar-refractivity contribution in [3.05, 3.63) is 70.7 Å². The van der Waals surface area contributed by atoms with E-state index in [1.807, 2.05) is 36.4 Å². The van der Waals surface area contributed by atoms with Crippen LogP contribution in [0, 0.1) is 0 Å². The van der Waals surface area contributed by atoms with Crippen LogP contribution in [0.15, 0.2) is 54.6 Å². The van der Waals surface area contributed by atoms with Gasteiger partial charge >= 0.3 is 0 Å². The number of aliphatic hydroxyl groups is 1. The SMILES string of the molecule is OC(Cc1ccccc1)CN1CCN(Cc2cccc(Cl)c2)CC1. The lowest BCUT2D eigenvalue weighted by Crippen LogP contribution is -2.48. The van der Waals surface area contributed by atoms with E-state index in [0.717, 1.165) is 50.7 Å². The van der Waals surface area contributed by atoms with Gasteiger partial charge in [-0.2, -0.15) is 0 Å². The van der Waals surface area contributed by atoms with E-state index >= 15 is 0 Å². The van der Waals surface area contributed by atoms with E-state index in [4.69, 9.17) is 11.6 Å². The van der Waals surface area contributed by atoms with E-state index < -0.39 is 0 Å². The van der Waals surface area contributed by atoms with Crippen LogP contribution in [-0.4, -0.2) is 53.7 Å². The maximum Gasteiger partial charge on any atom is 0.0707 e. The van der Waals surface area contributed by atoms with Crippen LogP contribution in [0.4, 0.5) is 0 Å². The molecule has 3 rings (SSSR count). The summed E-state index contributed by atoms with van der Waals surface area (Å²) < 4.78 is 0. The van der Waals surface area contributed by atoms with Gasteiger partial charge in [-0.15, -0.1) is 0 Å². The summed E-state index contributed by atoms with van der Waals surface area (Å²) in [6.07, 6.45) is 0.427. The Kier molecular flexibility index (Phi) is 6.27. The number of β-amino-alcohol motifs (C(OH)–C–C–N with tert-alkyl or cyclic N) is 1. The smallest absolute Gasteiger partial charge is 0.0707 e. The first-order chi connectivity index (χ1) is 11.7. The summed E-state index contributed by atoms with van der Waals surface area (Å²) in [6, 6.07) is 18.3. The van der Waals surface area contributed by atoms with Gasteiger partial charge in [0.15, 0.2) is 0 Å². The molecular formula is C20H25ClN2O. The minimum atomic E-state index is -0.299. The summed E-state index contributed by atoms with van der Waals surface area (Å²) in [5.74, 6) is 0. The molecule has 1 saturated heterocycles. The van der Waals surface area contributed by atoms with Crippen molar-refractivity contribution in [2.24, 2.45) is 0 Å². The zero-order valence-electron chi connectivity index (χ0n) is 13.9. The predicted octanol–water partition coefficient (Wildman–Crippen LogP) is 3.06. The molecule has 24 heavy (non-hydrogen) atoms. The second-order valence-corrected chi connectivity index (χ2v) is 6.99. The van der Waals surface area contributed by atoms with Crippen molar-refractivity contribution in [2.75, 3.05) is 32.7 Å². The van der Waals surface area contributed by atoms with Gasteiger partial charge in [0.1, 0.15) is 0 Å². The second kappa shape index (κ2) is 8.63. The topological polar surface area (TPSA) is 26.7 Å². The Balaban J connectivity index is 1.42. The molecule has 3 nitrogen and oxygen atoms in total. The van der Waals surface area contributed by atoms with Crippen molar-refractivity contribution >= 4 is 11.6 Å². The van der Waals surface area contributed by atoms with Gasteiger partial charge in [-0.05, 0) is 29.7 Å². The van der Waals surface area contributed by atoms with Gasteiger partial charge in [-0.25, -0.2) is 0 Å². The highest BCUT2D eigenvalue weighted by Crippen LogP contribution is 2.14. The lowest BCUT2D eigenvalue weighted by atomic mass is 10.1. The van der Waals surface area contributed by atoms with Crippen LogP contribution in [0.5, 0.6) is 0 Å². The highest BCUT2D eigenvalue weighted by molar-refractivity contribution is 6.30. The third kappa shape index (κ3) is 5.32. The average Bonchev–Trinajstić information content (AvgIpc) is 2.57. The quantitative estimate of drug-likeness (QED) is 0.872. The number of halogens is 1. The van der Waals surface area contributed by atoms with E-state index in [9.17, 15) is 5.11 Å². The first-order valence-corrected chi connectivity index (χ1v) is 8.98. The van der Waals surface area contributed by atoms with E-state index in [-0.39, 0.29) is 6.10 Å².